The van der Waals surface area contributed by atoms with Gasteiger partial charge in [0.15, 0.2) is 6.10 Å². The van der Waals surface area contributed by atoms with Gasteiger partial charge in [-0.3, -0.25) is 14.5 Å². The summed E-state index contributed by atoms with van der Waals surface area (Å²) in [4.78, 5) is 29.8. The fraction of sp³-hybridized carbons (Fsp3) is 0.655. The SMILES string of the molecule is CC[C@H](C)C(=O)O[C@@H]1[C@H](N2CCCCC2)c2c(ccc(/C=C/C(=O)N3CCCCC3)c2O)OC1(C)C. The number of phenolic OH excluding ortho intramolecular Hbond substituents is 1. The zero-order chi connectivity index (χ0) is 25.9. The van der Waals surface area contributed by atoms with Gasteiger partial charge in [0.1, 0.15) is 17.1 Å². The molecule has 0 spiro atoms. The zero-order valence-corrected chi connectivity index (χ0v) is 22.3. The summed E-state index contributed by atoms with van der Waals surface area (Å²) in [5.41, 5.74) is 0.439. The fourth-order valence-electron chi connectivity index (χ4n) is 5.55. The highest BCUT2D eigenvalue weighted by atomic mass is 16.6. The lowest BCUT2D eigenvalue weighted by Gasteiger charge is -2.49. The van der Waals surface area contributed by atoms with Crippen molar-refractivity contribution in [2.45, 2.75) is 90.4 Å². The molecular formula is C29H42N2O5. The van der Waals surface area contributed by atoms with Crippen molar-refractivity contribution in [3.05, 3.63) is 29.3 Å². The minimum absolute atomic E-state index is 0.0304. The molecule has 1 aromatic carbocycles. The highest BCUT2D eigenvalue weighted by molar-refractivity contribution is 5.92. The second-order valence-electron chi connectivity index (χ2n) is 11.0. The average molecular weight is 499 g/mol. The molecule has 3 atom stereocenters. The third-order valence-corrected chi connectivity index (χ3v) is 7.96. The van der Waals surface area contributed by atoms with Crippen LogP contribution < -0.4 is 4.74 Å². The lowest BCUT2D eigenvalue weighted by atomic mass is 9.83. The van der Waals surface area contributed by atoms with Gasteiger partial charge in [-0.15, -0.1) is 0 Å². The summed E-state index contributed by atoms with van der Waals surface area (Å²) in [7, 11) is 0. The van der Waals surface area contributed by atoms with Crippen LogP contribution in [0.2, 0.25) is 0 Å². The summed E-state index contributed by atoms with van der Waals surface area (Å²) < 4.78 is 12.5. The van der Waals surface area contributed by atoms with E-state index in [0.29, 0.717) is 23.3 Å². The summed E-state index contributed by atoms with van der Waals surface area (Å²) in [6.45, 7) is 11.0. The van der Waals surface area contributed by atoms with E-state index in [-0.39, 0.29) is 29.6 Å². The quantitative estimate of drug-likeness (QED) is 0.436. The van der Waals surface area contributed by atoms with E-state index in [1.807, 2.05) is 38.7 Å². The maximum absolute atomic E-state index is 12.9. The fourth-order valence-corrected chi connectivity index (χ4v) is 5.55. The maximum atomic E-state index is 12.9. The van der Waals surface area contributed by atoms with Crippen molar-refractivity contribution in [1.29, 1.82) is 0 Å². The summed E-state index contributed by atoms with van der Waals surface area (Å²) in [5.74, 6) is 0.201. The standard InChI is InChI=1S/C29H42N2O5/c1-5-20(2)28(34)35-27-25(31-18-10-7-11-19-31)24-22(36-29(27,3)4)14-12-21(26(24)33)13-15-23(32)30-16-8-6-9-17-30/h12-15,20,25,27,33H,5-11,16-19H2,1-4H3/b15-13+/t20-,25+,27+/m0/s1. The number of benzene rings is 1. The first-order valence-electron chi connectivity index (χ1n) is 13.7. The normalized spacial score (nSPS) is 25.2. The smallest absolute Gasteiger partial charge is 0.309 e. The summed E-state index contributed by atoms with van der Waals surface area (Å²) in [6.07, 6.45) is 9.88. The molecule has 1 N–H and O–H groups in total. The highest BCUT2D eigenvalue weighted by Gasteiger charge is 2.50. The summed E-state index contributed by atoms with van der Waals surface area (Å²) in [6, 6.07) is 3.33. The molecule has 1 aromatic rings. The van der Waals surface area contributed by atoms with E-state index in [9.17, 15) is 14.7 Å². The van der Waals surface area contributed by atoms with Crippen molar-refractivity contribution in [3.8, 4) is 11.5 Å². The van der Waals surface area contributed by atoms with E-state index in [2.05, 4.69) is 4.90 Å². The molecular weight excluding hydrogens is 456 g/mol. The third-order valence-electron chi connectivity index (χ3n) is 7.96. The number of hydrogen-bond acceptors (Lipinski definition) is 6. The number of piperidine rings is 2. The number of phenols is 1. The predicted octanol–water partition coefficient (Wildman–Crippen LogP) is 5.07. The van der Waals surface area contributed by atoms with Crippen molar-refractivity contribution in [2.75, 3.05) is 26.2 Å². The Morgan fingerprint density at radius 3 is 2.39 bits per heavy atom. The van der Waals surface area contributed by atoms with Crippen LogP contribution in [0.4, 0.5) is 0 Å². The molecule has 0 radical (unpaired) electrons. The molecule has 0 saturated carbocycles. The minimum atomic E-state index is -0.772. The first kappa shape index (κ1) is 26.5. The number of rotatable bonds is 6. The highest BCUT2D eigenvalue weighted by Crippen LogP contribution is 2.50. The molecule has 3 aliphatic heterocycles. The van der Waals surface area contributed by atoms with Crippen LogP contribution in [-0.2, 0) is 14.3 Å². The van der Waals surface area contributed by atoms with Crippen LogP contribution in [0.15, 0.2) is 18.2 Å². The van der Waals surface area contributed by atoms with Crippen molar-refractivity contribution in [1.82, 2.24) is 9.80 Å². The number of esters is 1. The Balaban J connectivity index is 1.70. The molecule has 0 unspecified atom stereocenters. The number of hydrogen-bond donors (Lipinski definition) is 1. The Hall–Kier alpha value is -2.54. The van der Waals surface area contributed by atoms with E-state index in [4.69, 9.17) is 9.47 Å². The predicted molar refractivity (Wildman–Crippen MR) is 140 cm³/mol. The Morgan fingerprint density at radius 2 is 1.75 bits per heavy atom. The average Bonchev–Trinajstić information content (AvgIpc) is 2.89. The molecule has 1 amide bonds. The van der Waals surface area contributed by atoms with Gasteiger partial charge in [-0.25, -0.2) is 0 Å². The Morgan fingerprint density at radius 1 is 1.11 bits per heavy atom. The number of ether oxygens (including phenoxy) is 2. The number of likely N-dealkylation sites (tertiary alicyclic amines) is 2. The van der Waals surface area contributed by atoms with Gasteiger partial charge in [0.05, 0.1) is 17.5 Å². The monoisotopic (exact) mass is 498 g/mol. The number of carbonyl (C=O) groups is 2. The molecule has 0 aromatic heterocycles. The lowest BCUT2D eigenvalue weighted by Crippen LogP contribution is -2.56. The molecule has 36 heavy (non-hydrogen) atoms. The summed E-state index contributed by atoms with van der Waals surface area (Å²) in [5, 5.41) is 11.5. The number of nitrogens with zero attached hydrogens (tertiary/aromatic N) is 2. The van der Waals surface area contributed by atoms with E-state index < -0.39 is 11.7 Å². The number of aromatic hydroxyl groups is 1. The topological polar surface area (TPSA) is 79.3 Å². The van der Waals surface area contributed by atoms with Crippen LogP contribution in [-0.4, -0.2) is 64.7 Å². The Labute approximate surface area is 215 Å². The van der Waals surface area contributed by atoms with Gasteiger partial charge in [-0.1, -0.05) is 20.3 Å². The molecule has 7 heteroatoms. The van der Waals surface area contributed by atoms with Crippen molar-refractivity contribution in [3.63, 3.8) is 0 Å². The van der Waals surface area contributed by atoms with Crippen LogP contribution in [0.3, 0.4) is 0 Å². The number of fused-ring (bicyclic) bond motifs is 1. The van der Waals surface area contributed by atoms with Crippen molar-refractivity contribution >= 4 is 18.0 Å². The van der Waals surface area contributed by atoms with E-state index in [0.717, 1.165) is 58.3 Å². The van der Waals surface area contributed by atoms with Gasteiger partial charge in [0.25, 0.3) is 0 Å². The van der Waals surface area contributed by atoms with Gasteiger partial charge in [-0.2, -0.15) is 0 Å². The van der Waals surface area contributed by atoms with Gasteiger partial charge in [0, 0.05) is 24.7 Å². The first-order valence-corrected chi connectivity index (χ1v) is 13.7. The van der Waals surface area contributed by atoms with Crippen LogP contribution >= 0.6 is 0 Å². The molecule has 3 aliphatic rings. The van der Waals surface area contributed by atoms with Crippen LogP contribution in [0.1, 0.15) is 89.8 Å². The minimum Gasteiger partial charge on any atom is -0.507 e. The summed E-state index contributed by atoms with van der Waals surface area (Å²) >= 11 is 0. The lowest BCUT2D eigenvalue weighted by molar-refractivity contribution is -0.176. The molecule has 2 saturated heterocycles. The van der Waals surface area contributed by atoms with Crippen LogP contribution in [0, 0.1) is 5.92 Å². The Bertz CT molecular complexity index is 976. The molecule has 0 aliphatic carbocycles. The maximum Gasteiger partial charge on any atom is 0.309 e. The Kier molecular flexibility index (Phi) is 8.28. The van der Waals surface area contributed by atoms with Gasteiger partial charge in [-0.05, 0) is 83.7 Å². The van der Waals surface area contributed by atoms with E-state index in [1.165, 1.54) is 6.42 Å². The second-order valence-corrected chi connectivity index (χ2v) is 11.0. The molecule has 3 heterocycles. The number of amides is 1. The van der Waals surface area contributed by atoms with Gasteiger partial charge >= 0.3 is 5.97 Å². The van der Waals surface area contributed by atoms with Crippen molar-refractivity contribution in [2.24, 2.45) is 5.92 Å². The van der Waals surface area contributed by atoms with Gasteiger partial charge < -0.3 is 19.5 Å². The van der Waals surface area contributed by atoms with E-state index in [1.54, 1.807) is 18.2 Å². The number of carbonyl (C=O) groups excluding carboxylic acids is 2. The second kappa shape index (κ2) is 11.2. The largest absolute Gasteiger partial charge is 0.507 e. The first-order chi connectivity index (χ1) is 17.2. The molecule has 4 rings (SSSR count). The molecule has 2 fully saturated rings. The molecule has 198 valence electrons. The zero-order valence-electron chi connectivity index (χ0n) is 22.3. The third kappa shape index (κ3) is 5.56. The molecule has 7 nitrogen and oxygen atoms in total. The van der Waals surface area contributed by atoms with Crippen LogP contribution in [0.25, 0.3) is 6.08 Å². The molecule has 0 bridgehead atoms. The van der Waals surface area contributed by atoms with E-state index >= 15 is 0 Å². The van der Waals surface area contributed by atoms with Crippen molar-refractivity contribution < 1.29 is 24.2 Å². The van der Waals surface area contributed by atoms with Crippen LogP contribution in [0.5, 0.6) is 11.5 Å². The van der Waals surface area contributed by atoms with Gasteiger partial charge in [0.2, 0.25) is 5.91 Å².